The Morgan fingerprint density at radius 2 is 2.00 bits per heavy atom. The lowest BCUT2D eigenvalue weighted by molar-refractivity contribution is -0.155. The smallest absolute Gasteiger partial charge is 0.249 e. The van der Waals surface area contributed by atoms with Crippen molar-refractivity contribution < 1.29 is 14.3 Å². The number of hydrogen-bond donors (Lipinski definition) is 1. The van der Waals surface area contributed by atoms with E-state index in [0.717, 1.165) is 25.9 Å². The van der Waals surface area contributed by atoms with Crippen LogP contribution >= 0.6 is 0 Å². The lowest BCUT2D eigenvalue weighted by Gasteiger charge is -2.44. The van der Waals surface area contributed by atoms with E-state index >= 15 is 0 Å². The van der Waals surface area contributed by atoms with Crippen molar-refractivity contribution in [1.82, 2.24) is 10.2 Å². The van der Waals surface area contributed by atoms with Crippen LogP contribution in [-0.4, -0.2) is 47.6 Å². The molecule has 20 heavy (non-hydrogen) atoms. The summed E-state index contributed by atoms with van der Waals surface area (Å²) in [5.41, 5.74) is -0.688. The number of piperazine rings is 1. The van der Waals surface area contributed by atoms with Gasteiger partial charge in [-0.25, -0.2) is 0 Å². The van der Waals surface area contributed by atoms with Crippen LogP contribution in [0, 0.1) is 11.8 Å². The minimum Gasteiger partial charge on any atom is -0.378 e. The predicted molar refractivity (Wildman–Crippen MR) is 74.0 cm³/mol. The highest BCUT2D eigenvalue weighted by Crippen LogP contribution is 2.42. The van der Waals surface area contributed by atoms with E-state index in [0.29, 0.717) is 18.4 Å². The van der Waals surface area contributed by atoms with Gasteiger partial charge in [0.2, 0.25) is 11.8 Å². The number of hydrogen-bond acceptors (Lipinski definition) is 3. The van der Waals surface area contributed by atoms with Gasteiger partial charge in [0.05, 0.1) is 6.10 Å². The Hall–Kier alpha value is -1.10. The van der Waals surface area contributed by atoms with E-state index in [1.165, 1.54) is 0 Å². The van der Waals surface area contributed by atoms with Gasteiger partial charge in [-0.2, -0.15) is 0 Å². The first-order valence-corrected chi connectivity index (χ1v) is 7.68. The van der Waals surface area contributed by atoms with Gasteiger partial charge in [-0.15, -0.1) is 0 Å². The third-order valence-electron chi connectivity index (χ3n) is 5.29. The Balaban J connectivity index is 1.79. The molecule has 3 aliphatic rings. The van der Waals surface area contributed by atoms with Crippen molar-refractivity contribution >= 4 is 11.8 Å². The second kappa shape index (κ2) is 4.72. The van der Waals surface area contributed by atoms with E-state index in [4.69, 9.17) is 4.74 Å². The Labute approximate surface area is 120 Å². The molecule has 5 nitrogen and oxygen atoms in total. The fourth-order valence-corrected chi connectivity index (χ4v) is 3.48. The van der Waals surface area contributed by atoms with Crippen LogP contribution in [0.2, 0.25) is 0 Å². The van der Waals surface area contributed by atoms with Gasteiger partial charge in [-0.05, 0) is 46.0 Å². The van der Waals surface area contributed by atoms with Crippen LogP contribution in [0.1, 0.15) is 40.0 Å². The molecule has 0 bridgehead atoms. The highest BCUT2D eigenvalue weighted by Gasteiger charge is 2.54. The Morgan fingerprint density at radius 3 is 2.55 bits per heavy atom. The van der Waals surface area contributed by atoms with Gasteiger partial charge >= 0.3 is 0 Å². The summed E-state index contributed by atoms with van der Waals surface area (Å²) in [6, 6.07) is -0.373. The maximum absolute atomic E-state index is 12.8. The van der Waals surface area contributed by atoms with Gasteiger partial charge < -0.3 is 15.0 Å². The fourth-order valence-electron chi connectivity index (χ4n) is 3.48. The molecule has 0 aromatic heterocycles. The average Bonchev–Trinajstić information content (AvgIpc) is 3.18. The first-order valence-electron chi connectivity index (χ1n) is 7.68. The maximum atomic E-state index is 12.8. The predicted octanol–water partition coefficient (Wildman–Crippen LogP) is 0.927. The molecule has 3 fully saturated rings. The minimum absolute atomic E-state index is 0.0226. The number of rotatable bonds is 3. The number of nitrogens with zero attached hydrogens (tertiary/aromatic N) is 1. The average molecular weight is 280 g/mol. The van der Waals surface area contributed by atoms with E-state index in [9.17, 15) is 9.59 Å². The summed E-state index contributed by atoms with van der Waals surface area (Å²) in [6.07, 6.45) is 3.22. The molecule has 2 amide bonds. The first kappa shape index (κ1) is 13.9. The number of amides is 2. The molecule has 2 heterocycles. The zero-order valence-electron chi connectivity index (χ0n) is 12.5. The molecule has 0 aromatic rings. The van der Waals surface area contributed by atoms with Crippen molar-refractivity contribution in [3.63, 3.8) is 0 Å². The quantitative estimate of drug-likeness (QED) is 0.836. The highest BCUT2D eigenvalue weighted by molar-refractivity contribution is 5.99. The van der Waals surface area contributed by atoms with Crippen molar-refractivity contribution in [3.05, 3.63) is 0 Å². The van der Waals surface area contributed by atoms with E-state index < -0.39 is 5.54 Å². The second-order valence-corrected chi connectivity index (χ2v) is 6.72. The Kier molecular flexibility index (Phi) is 3.27. The fraction of sp³-hybridized carbons (Fsp3) is 0.867. The summed E-state index contributed by atoms with van der Waals surface area (Å²) in [5.74, 6) is 0.721. The van der Waals surface area contributed by atoms with Crippen LogP contribution in [0.5, 0.6) is 0 Å². The van der Waals surface area contributed by atoms with Crippen LogP contribution < -0.4 is 5.32 Å². The van der Waals surface area contributed by atoms with Crippen LogP contribution in [0.15, 0.2) is 0 Å². The lowest BCUT2D eigenvalue weighted by Crippen LogP contribution is -2.70. The van der Waals surface area contributed by atoms with Gasteiger partial charge in [0.25, 0.3) is 0 Å². The monoisotopic (exact) mass is 280 g/mol. The van der Waals surface area contributed by atoms with Crippen molar-refractivity contribution in [1.29, 1.82) is 0 Å². The zero-order chi connectivity index (χ0) is 14.5. The van der Waals surface area contributed by atoms with E-state index in [1.807, 2.05) is 13.8 Å². The van der Waals surface area contributed by atoms with Gasteiger partial charge in [0.15, 0.2) is 0 Å². The number of carbonyl (C=O) groups excluding carboxylic acids is 2. The number of carbonyl (C=O) groups is 2. The van der Waals surface area contributed by atoms with E-state index in [2.05, 4.69) is 12.2 Å². The van der Waals surface area contributed by atoms with Crippen molar-refractivity contribution in [2.24, 2.45) is 11.8 Å². The van der Waals surface area contributed by atoms with Gasteiger partial charge in [0, 0.05) is 19.1 Å². The molecule has 1 saturated carbocycles. The SMILES string of the molecule is CC1OCCC1CN1C(=O)C(C)(C2CC2)NC(=O)C1C. The molecular weight excluding hydrogens is 256 g/mol. The molecule has 112 valence electrons. The van der Waals surface area contributed by atoms with Crippen LogP contribution in [-0.2, 0) is 14.3 Å². The minimum atomic E-state index is -0.688. The highest BCUT2D eigenvalue weighted by atomic mass is 16.5. The molecular formula is C15H24N2O3. The third kappa shape index (κ3) is 2.12. The third-order valence-corrected chi connectivity index (χ3v) is 5.29. The summed E-state index contributed by atoms with van der Waals surface area (Å²) in [7, 11) is 0. The number of nitrogens with one attached hydrogen (secondary N) is 1. The van der Waals surface area contributed by atoms with E-state index in [1.54, 1.807) is 4.90 Å². The first-order chi connectivity index (χ1) is 9.43. The molecule has 0 spiro atoms. The normalized spacial score (nSPS) is 42.0. The molecule has 2 saturated heterocycles. The van der Waals surface area contributed by atoms with E-state index in [-0.39, 0.29) is 24.0 Å². The molecule has 0 radical (unpaired) electrons. The van der Waals surface area contributed by atoms with Crippen molar-refractivity contribution in [2.45, 2.75) is 57.7 Å². The lowest BCUT2D eigenvalue weighted by atomic mass is 9.88. The molecule has 1 N–H and O–H groups in total. The van der Waals surface area contributed by atoms with Gasteiger partial charge in [0.1, 0.15) is 11.6 Å². The van der Waals surface area contributed by atoms with Crippen LogP contribution in [0.3, 0.4) is 0 Å². The Morgan fingerprint density at radius 1 is 1.30 bits per heavy atom. The molecule has 4 atom stereocenters. The topological polar surface area (TPSA) is 58.6 Å². The van der Waals surface area contributed by atoms with Gasteiger partial charge in [-0.3, -0.25) is 9.59 Å². The largest absolute Gasteiger partial charge is 0.378 e. The van der Waals surface area contributed by atoms with Crippen LogP contribution in [0.4, 0.5) is 0 Å². The maximum Gasteiger partial charge on any atom is 0.249 e. The molecule has 5 heteroatoms. The summed E-state index contributed by atoms with van der Waals surface area (Å²) < 4.78 is 5.58. The van der Waals surface area contributed by atoms with Crippen molar-refractivity contribution in [3.8, 4) is 0 Å². The molecule has 4 unspecified atom stereocenters. The molecule has 3 rings (SSSR count). The molecule has 0 aromatic carbocycles. The molecule has 2 aliphatic heterocycles. The van der Waals surface area contributed by atoms with Gasteiger partial charge in [-0.1, -0.05) is 0 Å². The summed E-state index contributed by atoms with van der Waals surface area (Å²) in [6.45, 7) is 7.15. The van der Waals surface area contributed by atoms with Crippen molar-refractivity contribution in [2.75, 3.05) is 13.2 Å². The van der Waals surface area contributed by atoms with Crippen LogP contribution in [0.25, 0.3) is 0 Å². The second-order valence-electron chi connectivity index (χ2n) is 6.72. The standard InChI is InChI=1S/C15H24N2O3/c1-9-13(18)16-15(3,12-4-5-12)14(19)17(9)8-11-6-7-20-10(11)2/h9-12H,4-8H2,1-3H3,(H,16,18). The summed E-state index contributed by atoms with van der Waals surface area (Å²) >= 11 is 0. The summed E-state index contributed by atoms with van der Waals surface area (Å²) in [5, 5.41) is 2.96. The summed E-state index contributed by atoms with van der Waals surface area (Å²) in [4.78, 5) is 26.9. The number of ether oxygens (including phenoxy) is 1. The Bertz CT molecular complexity index is 435. The molecule has 1 aliphatic carbocycles. The zero-order valence-corrected chi connectivity index (χ0v) is 12.5.